The van der Waals surface area contributed by atoms with Crippen LogP contribution in [0.5, 0.6) is 0 Å². The Bertz CT molecular complexity index is 760. The third-order valence-corrected chi connectivity index (χ3v) is 10.7. The molecule has 0 saturated heterocycles. The minimum absolute atomic E-state index is 0.628. The van der Waals surface area contributed by atoms with E-state index < -0.39 is 7.04 Å². The molecule has 0 radical (unpaired) electrons. The zero-order valence-corrected chi connectivity index (χ0v) is 29.6. The number of amidine groups is 1. The van der Waals surface area contributed by atoms with Gasteiger partial charge in [-0.2, -0.15) is 17.6 Å². The van der Waals surface area contributed by atoms with Gasteiger partial charge in [0.2, 0.25) is 5.96 Å². The normalized spacial score (nSPS) is 14.4. The van der Waals surface area contributed by atoms with Crippen LogP contribution in [-0.4, -0.2) is 168 Å². The summed E-state index contributed by atoms with van der Waals surface area (Å²) in [4.78, 5) is 24.0. The van der Waals surface area contributed by atoms with Crippen LogP contribution in [0.1, 0.15) is 39.5 Å². The van der Waals surface area contributed by atoms with Gasteiger partial charge in [-0.15, -0.1) is 0 Å². The molecule has 0 aliphatic rings. The highest BCUT2D eigenvalue weighted by atomic mass is 32.1. The molecule has 0 heterocycles. The Morgan fingerprint density at radius 1 is 0.675 bits per heavy atom. The number of nitrogens with zero attached hydrogens (tertiary/aromatic N) is 8. The van der Waals surface area contributed by atoms with E-state index in [1.807, 2.05) is 0 Å². The van der Waals surface area contributed by atoms with Crippen LogP contribution in [0, 0.1) is 0 Å². The fourth-order valence-corrected chi connectivity index (χ4v) is 5.91. The first-order valence-electron chi connectivity index (χ1n) is 14.7. The lowest BCUT2D eigenvalue weighted by atomic mass is 10.3. The molecule has 0 bridgehead atoms. The first-order valence-corrected chi connectivity index (χ1v) is 17.7. The lowest BCUT2D eigenvalue weighted by molar-refractivity contribution is 0.317. The largest absolute Gasteiger partial charge is 0.360 e. The molecule has 0 aliphatic heterocycles. The molecule has 40 heavy (non-hydrogen) atoms. The number of rotatable bonds is 21. The molecule has 0 rings (SSSR count). The molecule has 0 fully saturated rings. The fraction of sp³-hybridized carbons (Fsp3) is 0.828. The van der Waals surface area contributed by atoms with E-state index in [1.165, 1.54) is 0 Å². The highest BCUT2D eigenvalue weighted by molar-refractivity contribution is 7.93. The van der Waals surface area contributed by atoms with Crippen LogP contribution in [0.15, 0.2) is 22.4 Å². The van der Waals surface area contributed by atoms with Gasteiger partial charge in [0.05, 0.1) is 0 Å². The topological polar surface area (TPSA) is 56.2 Å². The van der Waals surface area contributed by atoms with E-state index in [9.17, 15) is 0 Å². The number of nitrogens with one attached hydrogen (secondary N) is 1. The lowest BCUT2D eigenvalue weighted by Crippen LogP contribution is -2.38. The SMILES string of the molecule is C=C(/N=C(\N=C(/C)N(CCCN(C)C)CCCN(C)C)N(CCCN(C)C)CCCN(C)C)NP(=C)(CC)CS. The summed E-state index contributed by atoms with van der Waals surface area (Å²) >= 11 is 4.57. The van der Waals surface area contributed by atoms with Crippen LogP contribution in [0.3, 0.4) is 0 Å². The van der Waals surface area contributed by atoms with Crippen LogP contribution in [-0.2, 0) is 0 Å². The van der Waals surface area contributed by atoms with Crippen molar-refractivity contribution in [1.29, 1.82) is 0 Å². The van der Waals surface area contributed by atoms with Crippen molar-refractivity contribution in [2.45, 2.75) is 39.5 Å². The monoisotopic (exact) mass is 601 g/mol. The van der Waals surface area contributed by atoms with Gasteiger partial charge in [-0.25, -0.2) is 4.99 Å². The van der Waals surface area contributed by atoms with E-state index >= 15 is 0 Å². The molecule has 1 atom stereocenters. The predicted octanol–water partition coefficient (Wildman–Crippen LogP) is 3.50. The molecule has 0 aromatic rings. The van der Waals surface area contributed by atoms with Crippen molar-refractivity contribution in [2.24, 2.45) is 9.98 Å². The number of guanidine groups is 1. The third kappa shape index (κ3) is 19.2. The van der Waals surface area contributed by atoms with Crippen LogP contribution in [0.4, 0.5) is 0 Å². The molecule has 0 saturated carbocycles. The zero-order chi connectivity index (χ0) is 30.7. The number of hydrogen-bond acceptors (Lipinski definition) is 7. The second kappa shape index (κ2) is 21.6. The van der Waals surface area contributed by atoms with Crippen molar-refractivity contribution < 1.29 is 0 Å². The zero-order valence-electron chi connectivity index (χ0n) is 27.8. The van der Waals surface area contributed by atoms with E-state index in [0.29, 0.717) is 11.3 Å². The summed E-state index contributed by atoms with van der Waals surface area (Å²) in [5.74, 6) is 2.37. The van der Waals surface area contributed by atoms with Crippen molar-refractivity contribution in [3.63, 3.8) is 0 Å². The second-order valence-corrected chi connectivity index (χ2v) is 16.1. The lowest BCUT2D eigenvalue weighted by Gasteiger charge is -2.29. The van der Waals surface area contributed by atoms with E-state index in [1.54, 1.807) is 0 Å². The van der Waals surface area contributed by atoms with E-state index in [4.69, 9.17) is 9.98 Å². The van der Waals surface area contributed by atoms with Crippen LogP contribution in [0.25, 0.3) is 0 Å². The highest BCUT2D eigenvalue weighted by Crippen LogP contribution is 2.41. The molecule has 0 aromatic heterocycles. The molecule has 0 amide bonds. The van der Waals surface area contributed by atoms with E-state index in [2.05, 4.69) is 130 Å². The van der Waals surface area contributed by atoms with Crippen molar-refractivity contribution >= 4 is 37.8 Å². The molecular formula is C29H64N9PS. The molecule has 236 valence electrons. The number of thiol groups is 1. The van der Waals surface area contributed by atoms with Crippen molar-refractivity contribution in [2.75, 3.05) is 120 Å². The molecular weight excluding hydrogens is 537 g/mol. The Labute approximate surface area is 254 Å². The summed E-state index contributed by atoms with van der Waals surface area (Å²) < 4.78 is 0. The first-order chi connectivity index (χ1) is 18.7. The van der Waals surface area contributed by atoms with Gasteiger partial charge in [0.1, 0.15) is 11.7 Å². The van der Waals surface area contributed by atoms with Gasteiger partial charge in [-0.05, 0) is 128 Å². The molecule has 0 aliphatic carbocycles. The average molecular weight is 602 g/mol. The van der Waals surface area contributed by atoms with E-state index in [-0.39, 0.29) is 0 Å². The summed E-state index contributed by atoms with van der Waals surface area (Å²) in [7, 11) is 15.3. The Balaban J connectivity index is 6.34. The molecule has 0 spiro atoms. The summed E-state index contributed by atoms with van der Waals surface area (Å²) in [6, 6.07) is 0. The highest BCUT2D eigenvalue weighted by Gasteiger charge is 2.17. The van der Waals surface area contributed by atoms with Crippen molar-refractivity contribution in [1.82, 2.24) is 34.5 Å². The summed E-state index contributed by atoms with van der Waals surface area (Å²) in [5.41, 5.74) is 0.705. The van der Waals surface area contributed by atoms with Gasteiger partial charge in [-0.3, -0.25) is 0 Å². The van der Waals surface area contributed by atoms with Crippen LogP contribution < -0.4 is 5.09 Å². The number of hydrogen-bond donors (Lipinski definition) is 2. The molecule has 0 aromatic carbocycles. The Hall–Kier alpha value is -1.03. The van der Waals surface area contributed by atoms with Crippen molar-refractivity contribution in [3.05, 3.63) is 12.4 Å². The van der Waals surface area contributed by atoms with Gasteiger partial charge in [0, 0.05) is 31.7 Å². The smallest absolute Gasteiger partial charge is 0.228 e. The molecule has 1 unspecified atom stereocenters. The first kappa shape index (κ1) is 39.0. The van der Waals surface area contributed by atoms with Gasteiger partial charge in [0.15, 0.2) is 0 Å². The number of aliphatic imine (C=N–C) groups is 2. The maximum Gasteiger partial charge on any atom is 0.228 e. The quantitative estimate of drug-likeness (QED) is 0.0904. The van der Waals surface area contributed by atoms with Crippen molar-refractivity contribution in [3.8, 4) is 0 Å². The Morgan fingerprint density at radius 2 is 1.05 bits per heavy atom. The van der Waals surface area contributed by atoms with Crippen LogP contribution in [0.2, 0.25) is 0 Å². The molecule has 9 nitrogen and oxygen atoms in total. The minimum Gasteiger partial charge on any atom is -0.360 e. The molecule has 11 heteroatoms. The van der Waals surface area contributed by atoms with Gasteiger partial charge < -0.3 is 34.5 Å². The molecule has 1 N–H and O–H groups in total. The maximum atomic E-state index is 5.23. The minimum atomic E-state index is -1.69. The Morgan fingerprint density at radius 3 is 1.38 bits per heavy atom. The van der Waals surface area contributed by atoms with Gasteiger partial charge in [0.25, 0.3) is 0 Å². The predicted molar refractivity (Wildman–Crippen MR) is 187 cm³/mol. The summed E-state index contributed by atoms with van der Waals surface area (Å²) in [5, 5.41) is 3.53. The average Bonchev–Trinajstić information content (AvgIpc) is 2.85. The second-order valence-electron chi connectivity index (χ2n) is 11.8. The third-order valence-electron chi connectivity index (χ3n) is 6.61. The standard InChI is InChI=1S/C29H64N9PS/c1-13-39(12,26-40)32-27(2)30-29(38(24-16-20-35(8)9)25-17-21-36(10)11)31-28(3)37(22-14-18-33(4)5)23-15-19-34(6)7/h32,40H,2,12-26H2,1,3-11H3/b30-29+,31-28+. The Kier molecular flexibility index (Phi) is 21.1. The fourth-order valence-electron chi connectivity index (χ4n) is 4.07. The van der Waals surface area contributed by atoms with Crippen LogP contribution >= 0.6 is 19.7 Å². The summed E-state index contributed by atoms with van der Waals surface area (Å²) in [6.07, 6.45) is 9.62. The summed E-state index contributed by atoms with van der Waals surface area (Å²) in [6.45, 7) is 16.4. The van der Waals surface area contributed by atoms with E-state index in [0.717, 1.165) is 96.0 Å². The van der Waals surface area contributed by atoms with Gasteiger partial charge in [-0.1, -0.05) is 19.8 Å². The maximum absolute atomic E-state index is 5.23. The van der Waals surface area contributed by atoms with Gasteiger partial charge >= 0.3 is 0 Å².